The van der Waals surface area contributed by atoms with Gasteiger partial charge in [-0.15, -0.1) is 0 Å². The summed E-state index contributed by atoms with van der Waals surface area (Å²) >= 11 is 5.34. The maximum atomic E-state index is 12.3. The molecule has 0 spiro atoms. The number of hydrogen-bond donors (Lipinski definition) is 2. The van der Waals surface area contributed by atoms with Gasteiger partial charge in [-0.1, -0.05) is 35.9 Å². The molecule has 2 aromatic carbocycles. The summed E-state index contributed by atoms with van der Waals surface area (Å²) in [6, 6.07) is 16.2. The van der Waals surface area contributed by atoms with Crippen molar-refractivity contribution in [2.45, 2.75) is 26.4 Å². The van der Waals surface area contributed by atoms with E-state index in [1.165, 1.54) is 0 Å². The Morgan fingerprint density at radius 3 is 2.64 bits per heavy atom. The van der Waals surface area contributed by atoms with Gasteiger partial charge in [0.25, 0.3) is 0 Å². The molecule has 0 aliphatic heterocycles. The Morgan fingerprint density at radius 1 is 1.21 bits per heavy atom. The van der Waals surface area contributed by atoms with E-state index in [0.717, 1.165) is 28.2 Å². The van der Waals surface area contributed by atoms with Crippen molar-refractivity contribution in [3.8, 4) is 11.4 Å². The zero-order valence-electron chi connectivity index (χ0n) is 16.4. The van der Waals surface area contributed by atoms with Crippen LogP contribution in [0.5, 0.6) is 0 Å². The minimum absolute atomic E-state index is 0.0185. The number of carbonyl (C=O) groups is 1. The maximum absolute atomic E-state index is 12.3. The minimum Gasteiger partial charge on any atom is -0.378 e. The van der Waals surface area contributed by atoms with Gasteiger partial charge in [-0.25, -0.2) is 0 Å². The van der Waals surface area contributed by atoms with Crippen molar-refractivity contribution in [2.24, 2.45) is 0 Å². The van der Waals surface area contributed by atoms with E-state index < -0.39 is 0 Å². The Balaban J connectivity index is 1.59. The third kappa shape index (κ3) is 4.86. The number of carbonyl (C=O) groups excluding carboxylic acids is 1. The van der Waals surface area contributed by atoms with Gasteiger partial charge >= 0.3 is 0 Å². The molecule has 7 heteroatoms. The van der Waals surface area contributed by atoms with Crippen LogP contribution in [-0.4, -0.2) is 34.8 Å². The fourth-order valence-corrected chi connectivity index (χ4v) is 3.17. The zero-order chi connectivity index (χ0) is 20.1. The number of H-pyrrole nitrogens is 1. The van der Waals surface area contributed by atoms with Gasteiger partial charge in [0.05, 0.1) is 0 Å². The molecule has 3 rings (SSSR count). The summed E-state index contributed by atoms with van der Waals surface area (Å²) in [5.41, 5.74) is 4.33. The predicted octanol–water partition coefficient (Wildman–Crippen LogP) is 3.69. The Labute approximate surface area is 170 Å². The second kappa shape index (κ2) is 8.84. The van der Waals surface area contributed by atoms with E-state index in [2.05, 4.69) is 21.6 Å². The summed E-state index contributed by atoms with van der Waals surface area (Å²) in [6.45, 7) is 3.02. The van der Waals surface area contributed by atoms with Gasteiger partial charge in [-0.3, -0.25) is 14.5 Å². The van der Waals surface area contributed by atoms with E-state index in [4.69, 9.17) is 12.2 Å². The molecular formula is C21H25N5OS. The lowest BCUT2D eigenvalue weighted by Crippen LogP contribution is -2.24. The molecule has 0 saturated heterocycles. The number of anilines is 1. The van der Waals surface area contributed by atoms with Crippen molar-refractivity contribution in [1.29, 1.82) is 0 Å². The standard InChI is InChI=1S/C21H25N5OS/c1-15-5-4-6-17(13-15)20-23-24-21(28)26(20)12-11-19(27)22-14-16-7-9-18(10-8-16)25(2)3/h4-10,13H,11-12,14H2,1-3H3,(H,22,27)(H,24,28). The Hall–Kier alpha value is -2.93. The highest BCUT2D eigenvalue weighted by Crippen LogP contribution is 2.19. The van der Waals surface area contributed by atoms with Crippen LogP contribution >= 0.6 is 12.2 Å². The van der Waals surface area contributed by atoms with Gasteiger partial charge in [0, 0.05) is 44.9 Å². The number of hydrogen-bond acceptors (Lipinski definition) is 4. The van der Waals surface area contributed by atoms with E-state index in [0.29, 0.717) is 24.3 Å². The first-order valence-corrected chi connectivity index (χ1v) is 9.60. The molecule has 0 radical (unpaired) electrons. The first kappa shape index (κ1) is 19.8. The molecule has 0 aliphatic rings. The Morgan fingerprint density at radius 2 is 1.96 bits per heavy atom. The highest BCUT2D eigenvalue weighted by atomic mass is 32.1. The number of benzene rings is 2. The van der Waals surface area contributed by atoms with Crippen LogP contribution in [0.2, 0.25) is 0 Å². The molecule has 1 aromatic heterocycles. The largest absolute Gasteiger partial charge is 0.378 e. The van der Waals surface area contributed by atoms with Crippen LogP contribution in [0.4, 0.5) is 5.69 Å². The number of rotatable bonds is 7. The lowest BCUT2D eigenvalue weighted by Gasteiger charge is -2.13. The fraction of sp³-hybridized carbons (Fsp3) is 0.286. The van der Waals surface area contributed by atoms with Gasteiger partial charge in [0.1, 0.15) is 0 Å². The second-order valence-corrected chi connectivity index (χ2v) is 7.35. The molecule has 2 N–H and O–H groups in total. The van der Waals surface area contributed by atoms with E-state index in [1.807, 2.05) is 73.0 Å². The van der Waals surface area contributed by atoms with Crippen LogP contribution in [0.3, 0.4) is 0 Å². The van der Waals surface area contributed by atoms with Crippen LogP contribution in [0.25, 0.3) is 11.4 Å². The number of nitrogens with zero attached hydrogens (tertiary/aromatic N) is 3. The molecule has 0 atom stereocenters. The predicted molar refractivity (Wildman–Crippen MR) is 115 cm³/mol. The summed E-state index contributed by atoms with van der Waals surface area (Å²) in [4.78, 5) is 14.3. The maximum Gasteiger partial charge on any atom is 0.222 e. The van der Waals surface area contributed by atoms with Gasteiger partial charge in [0.15, 0.2) is 10.6 Å². The van der Waals surface area contributed by atoms with Crippen LogP contribution < -0.4 is 10.2 Å². The SMILES string of the molecule is Cc1cccc(-c2n[nH]c(=S)n2CCC(=O)NCc2ccc(N(C)C)cc2)c1. The van der Waals surface area contributed by atoms with Crippen LogP contribution in [-0.2, 0) is 17.9 Å². The smallest absolute Gasteiger partial charge is 0.222 e. The third-order valence-electron chi connectivity index (χ3n) is 4.54. The topological polar surface area (TPSA) is 66.0 Å². The molecule has 0 bridgehead atoms. The van der Waals surface area contributed by atoms with E-state index in [-0.39, 0.29) is 5.91 Å². The highest BCUT2D eigenvalue weighted by Gasteiger charge is 2.11. The summed E-state index contributed by atoms with van der Waals surface area (Å²) in [6.07, 6.45) is 0.336. The molecule has 0 fully saturated rings. The number of nitrogens with one attached hydrogen (secondary N) is 2. The second-order valence-electron chi connectivity index (χ2n) is 6.96. The van der Waals surface area contributed by atoms with Crippen LogP contribution in [0, 0.1) is 11.7 Å². The molecule has 3 aromatic rings. The van der Waals surface area contributed by atoms with Crippen molar-refractivity contribution in [2.75, 3.05) is 19.0 Å². The molecular weight excluding hydrogens is 370 g/mol. The number of aryl methyl sites for hydroxylation is 1. The average Bonchev–Trinajstić information content (AvgIpc) is 3.05. The summed E-state index contributed by atoms with van der Waals surface area (Å²) < 4.78 is 2.39. The van der Waals surface area contributed by atoms with Crippen molar-refractivity contribution in [1.82, 2.24) is 20.1 Å². The van der Waals surface area contributed by atoms with Gasteiger partial charge in [0.2, 0.25) is 5.91 Å². The van der Waals surface area contributed by atoms with E-state index >= 15 is 0 Å². The monoisotopic (exact) mass is 395 g/mol. The van der Waals surface area contributed by atoms with Crippen LogP contribution in [0.15, 0.2) is 48.5 Å². The third-order valence-corrected chi connectivity index (χ3v) is 4.85. The summed E-state index contributed by atoms with van der Waals surface area (Å²) in [7, 11) is 4.01. The lowest BCUT2D eigenvalue weighted by molar-refractivity contribution is -0.121. The van der Waals surface area contributed by atoms with Gasteiger partial charge in [-0.2, -0.15) is 5.10 Å². The van der Waals surface area contributed by atoms with Crippen molar-refractivity contribution in [3.63, 3.8) is 0 Å². The van der Waals surface area contributed by atoms with Gasteiger partial charge in [-0.05, 0) is 42.9 Å². The summed E-state index contributed by atoms with van der Waals surface area (Å²) in [5, 5.41) is 10.1. The van der Waals surface area contributed by atoms with E-state index in [9.17, 15) is 4.79 Å². The molecule has 1 heterocycles. The van der Waals surface area contributed by atoms with E-state index in [1.54, 1.807) is 0 Å². The Bertz CT molecular complexity index is 1000. The number of aromatic nitrogens is 3. The molecule has 146 valence electrons. The first-order chi connectivity index (χ1) is 13.4. The highest BCUT2D eigenvalue weighted by molar-refractivity contribution is 7.71. The quantitative estimate of drug-likeness (QED) is 0.599. The molecule has 28 heavy (non-hydrogen) atoms. The van der Waals surface area contributed by atoms with Crippen LogP contribution in [0.1, 0.15) is 17.5 Å². The Kier molecular flexibility index (Phi) is 6.26. The molecule has 6 nitrogen and oxygen atoms in total. The summed E-state index contributed by atoms with van der Waals surface area (Å²) in [5.74, 6) is 0.732. The zero-order valence-corrected chi connectivity index (χ0v) is 17.2. The molecule has 0 unspecified atom stereocenters. The van der Waals surface area contributed by atoms with Crippen molar-refractivity contribution >= 4 is 23.8 Å². The minimum atomic E-state index is -0.0185. The molecule has 1 amide bonds. The fourth-order valence-electron chi connectivity index (χ4n) is 2.94. The first-order valence-electron chi connectivity index (χ1n) is 9.19. The molecule has 0 saturated carbocycles. The normalized spacial score (nSPS) is 10.7. The number of aromatic amines is 1. The number of amides is 1. The van der Waals surface area contributed by atoms with Crippen molar-refractivity contribution in [3.05, 3.63) is 64.4 Å². The average molecular weight is 396 g/mol. The van der Waals surface area contributed by atoms with Gasteiger partial charge < -0.3 is 10.2 Å². The van der Waals surface area contributed by atoms with Crippen molar-refractivity contribution < 1.29 is 4.79 Å². The molecule has 0 aliphatic carbocycles. The lowest BCUT2D eigenvalue weighted by atomic mass is 10.1.